The summed E-state index contributed by atoms with van der Waals surface area (Å²) in [5.74, 6) is -2.21. The van der Waals surface area contributed by atoms with Crippen LogP contribution < -0.4 is 21.3 Å². The van der Waals surface area contributed by atoms with E-state index in [1.54, 1.807) is 13.8 Å². The van der Waals surface area contributed by atoms with Crippen LogP contribution in [0.4, 0.5) is 0 Å². The summed E-state index contributed by atoms with van der Waals surface area (Å²) in [6, 6.07) is 18.9. The molecule has 2 fully saturated rings. The molecule has 13 nitrogen and oxygen atoms in total. The van der Waals surface area contributed by atoms with Gasteiger partial charge in [0.1, 0.15) is 18.1 Å². The minimum absolute atomic E-state index is 0.112. The fourth-order valence-electron chi connectivity index (χ4n) is 7.09. The van der Waals surface area contributed by atoms with Crippen molar-refractivity contribution in [1.29, 1.82) is 0 Å². The summed E-state index contributed by atoms with van der Waals surface area (Å²) < 4.78 is 5.43. The van der Waals surface area contributed by atoms with E-state index in [9.17, 15) is 29.1 Å². The molecular weight excluding hydrogens is 745 g/mol. The first-order valence-electron chi connectivity index (χ1n) is 19.8. The average Bonchev–Trinajstić information content (AvgIpc) is 3.69. The second-order valence-corrected chi connectivity index (χ2v) is 17.2. The second kappa shape index (κ2) is 20.3. The lowest BCUT2D eigenvalue weighted by Crippen LogP contribution is -2.61. The highest BCUT2D eigenvalue weighted by molar-refractivity contribution is 7.99. The fourth-order valence-corrected chi connectivity index (χ4v) is 8.26. The number of nitrogens with one attached hydrogen (secondary N) is 4. The Balaban J connectivity index is 1.34. The van der Waals surface area contributed by atoms with Crippen molar-refractivity contribution in [3.8, 4) is 0 Å². The van der Waals surface area contributed by atoms with Gasteiger partial charge >= 0.3 is 0 Å². The Morgan fingerprint density at radius 3 is 2.25 bits per heavy atom. The van der Waals surface area contributed by atoms with Crippen LogP contribution in [0.1, 0.15) is 52.2 Å². The highest BCUT2D eigenvalue weighted by Crippen LogP contribution is 2.24. The number of carbonyl (C=O) groups is 5. The van der Waals surface area contributed by atoms with Gasteiger partial charge in [0.15, 0.2) is 6.10 Å². The normalized spacial score (nSPS) is 18.4. The molecule has 0 saturated carbocycles. The number of ether oxygens (including phenoxy) is 1. The van der Waals surface area contributed by atoms with Crippen molar-refractivity contribution >= 4 is 52.1 Å². The zero-order valence-electron chi connectivity index (χ0n) is 33.7. The average molecular weight is 803 g/mol. The molecule has 2 saturated heterocycles. The van der Waals surface area contributed by atoms with Crippen LogP contribution in [0.3, 0.4) is 0 Å². The van der Waals surface area contributed by atoms with Gasteiger partial charge in [-0.05, 0) is 55.0 Å². The maximum Gasteiger partial charge on any atom is 0.254 e. The zero-order chi connectivity index (χ0) is 41.1. The van der Waals surface area contributed by atoms with Crippen molar-refractivity contribution in [2.75, 3.05) is 44.5 Å². The summed E-state index contributed by atoms with van der Waals surface area (Å²) in [7, 11) is 0. The Morgan fingerprint density at radius 2 is 1.54 bits per heavy atom. The van der Waals surface area contributed by atoms with Gasteiger partial charge in [0.2, 0.25) is 23.6 Å². The number of thioether (sulfide) groups is 1. The maximum atomic E-state index is 14.3. The Morgan fingerprint density at radius 1 is 0.860 bits per heavy atom. The van der Waals surface area contributed by atoms with E-state index in [2.05, 4.69) is 26.2 Å². The molecular formula is C43H58N6O7S. The standard InChI is InChI=1S/C43H58N6O7S/c1-28(2)37(41(54)45-33(24-29-12-7-6-8-13-29)38(51)42(55)49-27-57-26-35(49)40(53)47-43(3,4)5)46-39(52)34(44-36(50)18-19-48-20-22-56-23-21-48)25-31-16-11-15-30-14-9-10-17-32(30)31/h6-17,28,33-35,37-38,51H,18-27H2,1-5H3,(H,44,50)(H,45,54)(H,46,52)(H,47,53)/t33-,34-,35-,37-,38-/m0/s1. The summed E-state index contributed by atoms with van der Waals surface area (Å²) in [6.07, 6.45) is -1.20. The summed E-state index contributed by atoms with van der Waals surface area (Å²) in [5, 5.41) is 25.3. The minimum atomic E-state index is -1.69. The van der Waals surface area contributed by atoms with E-state index in [0.29, 0.717) is 25.5 Å². The first-order chi connectivity index (χ1) is 27.2. The number of fused-ring (bicyclic) bond motifs is 1. The quantitative estimate of drug-likeness (QED) is 0.146. The zero-order valence-corrected chi connectivity index (χ0v) is 34.5. The molecule has 0 aliphatic carbocycles. The van der Waals surface area contributed by atoms with Crippen LogP contribution in [0.5, 0.6) is 0 Å². The van der Waals surface area contributed by atoms with Crippen molar-refractivity contribution in [2.45, 2.75) is 89.7 Å². The number of benzene rings is 3. The van der Waals surface area contributed by atoms with Crippen molar-refractivity contribution < 1.29 is 33.8 Å². The highest BCUT2D eigenvalue weighted by atomic mass is 32.2. The number of nitrogens with zero attached hydrogens (tertiary/aromatic N) is 2. The number of aliphatic hydroxyl groups excluding tert-OH is 1. The lowest BCUT2D eigenvalue weighted by atomic mass is 9.96. The van der Waals surface area contributed by atoms with Gasteiger partial charge < -0.3 is 36.0 Å². The molecule has 2 aliphatic heterocycles. The van der Waals surface area contributed by atoms with Crippen LogP contribution in [-0.4, -0.2) is 125 Å². The molecule has 0 radical (unpaired) electrons. The predicted octanol–water partition coefficient (Wildman–Crippen LogP) is 2.63. The molecule has 5 atom stereocenters. The minimum Gasteiger partial charge on any atom is -0.381 e. The van der Waals surface area contributed by atoms with Gasteiger partial charge in [-0.1, -0.05) is 86.6 Å². The van der Waals surface area contributed by atoms with Gasteiger partial charge in [-0.15, -0.1) is 11.8 Å². The van der Waals surface area contributed by atoms with E-state index >= 15 is 0 Å². The molecule has 5 amide bonds. The SMILES string of the molecule is CC(C)[C@H](NC(=O)[C@H](Cc1cccc2ccccc12)NC(=O)CCN1CCOCC1)C(=O)N[C@@H](Cc1ccccc1)[C@H](O)C(=O)N1CSC[C@H]1C(=O)NC(C)(C)C. The third-order valence-corrected chi connectivity index (χ3v) is 11.2. The second-order valence-electron chi connectivity index (χ2n) is 16.2. The van der Waals surface area contributed by atoms with Gasteiger partial charge in [0, 0.05) is 43.8 Å². The summed E-state index contributed by atoms with van der Waals surface area (Å²) >= 11 is 1.41. The van der Waals surface area contributed by atoms with E-state index in [1.807, 2.05) is 93.6 Å². The van der Waals surface area contributed by atoms with Crippen LogP contribution in [0.15, 0.2) is 72.8 Å². The molecule has 5 N–H and O–H groups in total. The number of hydrogen-bond donors (Lipinski definition) is 5. The molecule has 3 aromatic carbocycles. The van der Waals surface area contributed by atoms with E-state index in [0.717, 1.165) is 35.0 Å². The number of amides is 5. The van der Waals surface area contributed by atoms with Crippen molar-refractivity contribution in [1.82, 2.24) is 31.1 Å². The van der Waals surface area contributed by atoms with E-state index < -0.39 is 59.4 Å². The summed E-state index contributed by atoms with van der Waals surface area (Å²) in [6.45, 7) is 12.4. The predicted molar refractivity (Wildman–Crippen MR) is 222 cm³/mol. The van der Waals surface area contributed by atoms with Crippen LogP contribution in [-0.2, 0) is 41.6 Å². The van der Waals surface area contributed by atoms with Crippen LogP contribution in [0, 0.1) is 5.92 Å². The summed E-state index contributed by atoms with van der Waals surface area (Å²) in [4.78, 5) is 72.5. The van der Waals surface area contributed by atoms with Crippen LogP contribution in [0.25, 0.3) is 10.8 Å². The van der Waals surface area contributed by atoms with Crippen LogP contribution in [0.2, 0.25) is 0 Å². The number of carbonyl (C=O) groups excluding carboxylic acids is 5. The molecule has 0 unspecified atom stereocenters. The van der Waals surface area contributed by atoms with E-state index in [-0.39, 0.29) is 37.0 Å². The molecule has 57 heavy (non-hydrogen) atoms. The molecule has 2 heterocycles. The Labute approximate surface area is 340 Å². The smallest absolute Gasteiger partial charge is 0.254 e. The number of hydrogen-bond acceptors (Lipinski definition) is 9. The molecule has 3 aromatic rings. The third-order valence-electron chi connectivity index (χ3n) is 10.2. The molecule has 0 bridgehead atoms. The first-order valence-corrected chi connectivity index (χ1v) is 20.9. The van der Waals surface area contributed by atoms with Gasteiger partial charge in [-0.3, -0.25) is 28.9 Å². The maximum absolute atomic E-state index is 14.3. The van der Waals surface area contributed by atoms with Crippen LogP contribution >= 0.6 is 11.8 Å². The topological polar surface area (TPSA) is 169 Å². The largest absolute Gasteiger partial charge is 0.381 e. The molecule has 0 aromatic heterocycles. The number of aliphatic hydroxyl groups is 1. The van der Waals surface area contributed by atoms with Crippen molar-refractivity contribution in [2.24, 2.45) is 5.92 Å². The lowest BCUT2D eigenvalue weighted by molar-refractivity contribution is -0.147. The van der Waals surface area contributed by atoms with Gasteiger partial charge in [-0.2, -0.15) is 0 Å². The number of rotatable bonds is 16. The van der Waals surface area contributed by atoms with E-state index in [4.69, 9.17) is 4.74 Å². The Hall–Kier alpha value is -4.50. The highest BCUT2D eigenvalue weighted by Gasteiger charge is 2.41. The number of morpholine rings is 1. The molecule has 14 heteroatoms. The van der Waals surface area contributed by atoms with Gasteiger partial charge in [-0.25, -0.2) is 0 Å². The Bertz CT molecular complexity index is 1840. The molecule has 308 valence electrons. The molecule has 2 aliphatic rings. The van der Waals surface area contributed by atoms with Crippen molar-refractivity contribution in [3.63, 3.8) is 0 Å². The molecule has 5 rings (SSSR count). The fraction of sp³-hybridized carbons (Fsp3) is 0.512. The third kappa shape index (κ3) is 12.5. The molecule has 0 spiro atoms. The van der Waals surface area contributed by atoms with Gasteiger partial charge in [0.25, 0.3) is 5.91 Å². The van der Waals surface area contributed by atoms with Gasteiger partial charge in [0.05, 0.1) is 25.1 Å². The lowest BCUT2D eigenvalue weighted by Gasteiger charge is -2.32. The van der Waals surface area contributed by atoms with E-state index in [1.165, 1.54) is 16.7 Å². The Kier molecular flexibility index (Phi) is 15.5. The van der Waals surface area contributed by atoms with Crippen molar-refractivity contribution in [3.05, 3.63) is 83.9 Å². The monoisotopic (exact) mass is 802 g/mol. The summed E-state index contributed by atoms with van der Waals surface area (Å²) in [5.41, 5.74) is 1.12. The first kappa shape index (κ1) is 43.6.